The van der Waals surface area contributed by atoms with Gasteiger partial charge in [0, 0.05) is 56.4 Å². The van der Waals surface area contributed by atoms with Crippen LogP contribution in [0.1, 0.15) is 32.4 Å². The third-order valence-electron chi connectivity index (χ3n) is 5.00. The summed E-state index contributed by atoms with van der Waals surface area (Å²) < 4.78 is 8.37. The molecule has 0 aliphatic carbocycles. The average molecular weight is 425 g/mol. The lowest BCUT2D eigenvalue weighted by molar-refractivity contribution is -0.121. The first-order valence-corrected chi connectivity index (χ1v) is 10.2. The molecule has 164 valence electrons. The number of ether oxygens (including phenoxy) is 1. The summed E-state index contributed by atoms with van der Waals surface area (Å²) in [6.45, 7) is 4.62. The van der Waals surface area contributed by atoms with Crippen molar-refractivity contribution in [3.05, 3.63) is 61.2 Å². The molecule has 2 aromatic heterocycles. The maximum atomic E-state index is 13.3. The van der Waals surface area contributed by atoms with E-state index >= 15 is 0 Å². The van der Waals surface area contributed by atoms with Crippen molar-refractivity contribution in [2.45, 2.75) is 32.4 Å². The number of nitrogens with one attached hydrogen (secondary N) is 1. The van der Waals surface area contributed by atoms with Crippen molar-refractivity contribution in [1.82, 2.24) is 19.6 Å². The monoisotopic (exact) mass is 424 g/mol. The van der Waals surface area contributed by atoms with E-state index in [2.05, 4.69) is 15.5 Å². The van der Waals surface area contributed by atoms with Crippen molar-refractivity contribution >= 4 is 23.2 Å². The number of carbonyl (C=O) groups is 2. The van der Waals surface area contributed by atoms with Crippen molar-refractivity contribution < 1.29 is 14.3 Å². The Bertz CT molecular complexity index is 971. The normalized spacial score (nSPS) is 12.9. The van der Waals surface area contributed by atoms with E-state index in [4.69, 9.17) is 4.74 Å². The standard InChI is InChI=1S/C22H28N6O3/c1-17(27-13-5-10-23-27)21(29)25-19-8-4-9-20(16-19)26(12-7-15-31-3)22(30)18(2)28-14-6-11-24-28/h4-6,8-11,13-14,16-18H,7,12,15H2,1-3H3,(H,25,29)/t17-,18-/m0/s1. The Hall–Kier alpha value is -3.46. The van der Waals surface area contributed by atoms with Gasteiger partial charge in [-0.05, 0) is 50.6 Å². The van der Waals surface area contributed by atoms with Crippen LogP contribution < -0.4 is 10.2 Å². The van der Waals surface area contributed by atoms with Gasteiger partial charge in [0.05, 0.1) is 0 Å². The van der Waals surface area contributed by atoms with Crippen molar-refractivity contribution in [3.63, 3.8) is 0 Å². The molecule has 1 aromatic carbocycles. The second kappa shape index (κ2) is 10.5. The zero-order valence-electron chi connectivity index (χ0n) is 18.0. The molecule has 0 aliphatic heterocycles. The first kappa shape index (κ1) is 22.2. The zero-order chi connectivity index (χ0) is 22.2. The van der Waals surface area contributed by atoms with Gasteiger partial charge in [0.1, 0.15) is 12.1 Å². The van der Waals surface area contributed by atoms with Crippen LogP contribution >= 0.6 is 0 Å². The summed E-state index contributed by atoms with van der Waals surface area (Å²) in [7, 11) is 1.63. The largest absolute Gasteiger partial charge is 0.385 e. The second-order valence-corrected chi connectivity index (χ2v) is 7.20. The van der Waals surface area contributed by atoms with Gasteiger partial charge < -0.3 is 15.0 Å². The number of methoxy groups -OCH3 is 1. The Labute approximate surface area is 181 Å². The molecule has 3 rings (SSSR count). The molecule has 0 saturated heterocycles. The zero-order valence-corrected chi connectivity index (χ0v) is 18.0. The molecule has 1 N–H and O–H groups in total. The molecular formula is C22H28N6O3. The predicted octanol–water partition coefficient (Wildman–Crippen LogP) is 2.91. The molecule has 0 unspecified atom stereocenters. The number of hydrogen-bond acceptors (Lipinski definition) is 5. The summed E-state index contributed by atoms with van der Waals surface area (Å²) in [5.41, 5.74) is 1.31. The maximum Gasteiger partial charge on any atom is 0.251 e. The number of benzene rings is 1. The highest BCUT2D eigenvalue weighted by Gasteiger charge is 2.24. The molecule has 0 spiro atoms. The maximum absolute atomic E-state index is 13.3. The van der Waals surface area contributed by atoms with Gasteiger partial charge >= 0.3 is 0 Å². The number of nitrogens with zero attached hydrogens (tertiary/aromatic N) is 5. The summed E-state index contributed by atoms with van der Waals surface area (Å²) in [5.74, 6) is -0.281. The van der Waals surface area contributed by atoms with E-state index < -0.39 is 12.1 Å². The predicted molar refractivity (Wildman–Crippen MR) is 118 cm³/mol. The molecule has 2 heterocycles. The lowest BCUT2D eigenvalue weighted by Crippen LogP contribution is -2.37. The van der Waals surface area contributed by atoms with E-state index in [0.29, 0.717) is 30.9 Å². The topological polar surface area (TPSA) is 94.3 Å². The highest BCUT2D eigenvalue weighted by molar-refractivity contribution is 5.98. The quantitative estimate of drug-likeness (QED) is 0.505. The third kappa shape index (κ3) is 5.58. The van der Waals surface area contributed by atoms with Gasteiger partial charge in [-0.15, -0.1) is 0 Å². The third-order valence-corrected chi connectivity index (χ3v) is 5.00. The fraction of sp³-hybridized carbons (Fsp3) is 0.364. The number of amides is 2. The van der Waals surface area contributed by atoms with Crippen molar-refractivity contribution in [2.75, 3.05) is 30.5 Å². The molecule has 9 nitrogen and oxygen atoms in total. The van der Waals surface area contributed by atoms with Crippen molar-refractivity contribution in [1.29, 1.82) is 0 Å². The summed E-state index contributed by atoms with van der Waals surface area (Å²) in [6.07, 6.45) is 7.47. The highest BCUT2D eigenvalue weighted by atomic mass is 16.5. The first-order chi connectivity index (χ1) is 15.0. The SMILES string of the molecule is COCCCN(C(=O)[C@H](C)n1cccn1)c1cccc(NC(=O)[C@H](C)n2cccn2)c1. The van der Waals surface area contributed by atoms with Gasteiger partial charge in [-0.2, -0.15) is 10.2 Å². The Morgan fingerprint density at radius 3 is 2.35 bits per heavy atom. The summed E-state index contributed by atoms with van der Waals surface area (Å²) >= 11 is 0. The molecule has 2 amide bonds. The highest BCUT2D eigenvalue weighted by Crippen LogP contribution is 2.23. The van der Waals surface area contributed by atoms with Crippen LogP contribution in [0.5, 0.6) is 0 Å². The molecule has 9 heteroatoms. The molecule has 0 bridgehead atoms. The van der Waals surface area contributed by atoms with E-state index in [1.54, 1.807) is 77.3 Å². The van der Waals surface area contributed by atoms with Crippen molar-refractivity contribution in [3.8, 4) is 0 Å². The minimum absolute atomic E-state index is 0.0896. The Morgan fingerprint density at radius 1 is 1.06 bits per heavy atom. The average Bonchev–Trinajstić information content (AvgIpc) is 3.50. The summed E-state index contributed by atoms with van der Waals surface area (Å²) in [6, 6.07) is 9.91. The van der Waals surface area contributed by atoms with Crippen LogP contribution in [0.25, 0.3) is 0 Å². The smallest absolute Gasteiger partial charge is 0.251 e. The lowest BCUT2D eigenvalue weighted by Gasteiger charge is -2.26. The minimum atomic E-state index is -0.462. The van der Waals surface area contributed by atoms with Crippen molar-refractivity contribution in [2.24, 2.45) is 0 Å². The first-order valence-electron chi connectivity index (χ1n) is 10.2. The Kier molecular flexibility index (Phi) is 7.55. The van der Waals surface area contributed by atoms with Crippen LogP contribution in [0.3, 0.4) is 0 Å². The molecular weight excluding hydrogens is 396 g/mol. The fourth-order valence-electron chi connectivity index (χ4n) is 3.21. The van der Waals surface area contributed by atoms with Gasteiger partial charge in [-0.25, -0.2) is 0 Å². The number of aromatic nitrogens is 4. The Balaban J connectivity index is 1.78. The van der Waals surface area contributed by atoms with Crippen LogP contribution in [0.15, 0.2) is 61.2 Å². The number of anilines is 2. The summed E-state index contributed by atoms with van der Waals surface area (Å²) in [5, 5.41) is 11.2. The number of carbonyl (C=O) groups excluding carboxylic acids is 2. The van der Waals surface area contributed by atoms with Gasteiger partial charge in [-0.1, -0.05) is 6.07 Å². The molecule has 0 aliphatic rings. The summed E-state index contributed by atoms with van der Waals surface area (Å²) in [4.78, 5) is 27.6. The van der Waals surface area contributed by atoms with E-state index in [-0.39, 0.29) is 11.8 Å². The molecule has 0 fully saturated rings. The van der Waals surface area contributed by atoms with Gasteiger partial charge in [-0.3, -0.25) is 19.0 Å². The molecule has 3 aromatic rings. The van der Waals surface area contributed by atoms with E-state index in [1.807, 2.05) is 19.1 Å². The molecule has 31 heavy (non-hydrogen) atoms. The van der Waals surface area contributed by atoms with E-state index in [9.17, 15) is 9.59 Å². The fourth-order valence-corrected chi connectivity index (χ4v) is 3.21. The Morgan fingerprint density at radius 2 is 1.74 bits per heavy atom. The molecule has 0 saturated carbocycles. The number of rotatable bonds is 10. The van der Waals surface area contributed by atoms with Crippen LogP contribution in [-0.4, -0.2) is 51.6 Å². The van der Waals surface area contributed by atoms with Gasteiger partial charge in [0.2, 0.25) is 5.91 Å². The van der Waals surface area contributed by atoms with Crippen LogP contribution in [-0.2, 0) is 14.3 Å². The van der Waals surface area contributed by atoms with Crippen LogP contribution in [0.2, 0.25) is 0 Å². The van der Waals surface area contributed by atoms with E-state index in [0.717, 1.165) is 0 Å². The molecule has 0 radical (unpaired) electrons. The second-order valence-electron chi connectivity index (χ2n) is 7.20. The van der Waals surface area contributed by atoms with Crippen LogP contribution in [0, 0.1) is 0 Å². The van der Waals surface area contributed by atoms with Gasteiger partial charge in [0.15, 0.2) is 0 Å². The molecule has 2 atom stereocenters. The van der Waals surface area contributed by atoms with Gasteiger partial charge in [0.25, 0.3) is 5.91 Å². The minimum Gasteiger partial charge on any atom is -0.385 e. The van der Waals surface area contributed by atoms with E-state index in [1.165, 1.54) is 0 Å². The lowest BCUT2D eigenvalue weighted by atomic mass is 10.2. The van der Waals surface area contributed by atoms with Crippen LogP contribution in [0.4, 0.5) is 11.4 Å². The number of hydrogen-bond donors (Lipinski definition) is 1.